The van der Waals surface area contributed by atoms with Crippen molar-refractivity contribution in [2.75, 3.05) is 87.5 Å². The van der Waals surface area contributed by atoms with Gasteiger partial charge < -0.3 is 29.5 Å². The molecule has 0 radical (unpaired) electrons. The molecule has 0 aromatic carbocycles. The van der Waals surface area contributed by atoms with Crippen molar-refractivity contribution in [3.8, 4) is 0 Å². The number of amides is 2. The second-order valence-electron chi connectivity index (χ2n) is 30.0. The maximum atomic E-state index is 11.6. The zero-order valence-electron chi connectivity index (χ0n) is 66.2. The zero-order valence-corrected chi connectivity index (χ0v) is 67.0. The van der Waals surface area contributed by atoms with E-state index in [1.54, 1.807) is 74.5 Å². The highest BCUT2D eigenvalue weighted by atomic mass is 32.2. The number of ether oxygens (including phenoxy) is 2. The molecule has 0 aliphatic carbocycles. The Bertz CT molecular complexity index is 3430. The van der Waals surface area contributed by atoms with Crippen molar-refractivity contribution in [2.24, 2.45) is 0 Å². The smallest absolute Gasteiger partial charge is 0.243 e. The van der Waals surface area contributed by atoms with E-state index in [1.165, 1.54) is 66.6 Å². The maximum Gasteiger partial charge on any atom is 0.243 e. The first-order valence-electron chi connectivity index (χ1n) is 37.0. The van der Waals surface area contributed by atoms with Crippen LogP contribution in [-0.2, 0) is 55.1 Å². The second kappa shape index (κ2) is 44.0. The van der Waals surface area contributed by atoms with E-state index in [1.807, 2.05) is 72.1 Å². The molecule has 1 unspecified atom stereocenters. The summed E-state index contributed by atoms with van der Waals surface area (Å²) in [6.45, 7) is 44.3. The Morgan fingerprint density at radius 1 is 0.475 bits per heavy atom. The molecule has 3 aliphatic heterocycles. The minimum atomic E-state index is -2.97. The van der Waals surface area contributed by atoms with E-state index in [2.05, 4.69) is 189 Å². The third-order valence-electron chi connectivity index (χ3n) is 18.5. The van der Waals surface area contributed by atoms with Crippen molar-refractivity contribution in [3.63, 3.8) is 0 Å². The molecule has 568 valence electrons. The highest BCUT2D eigenvalue weighted by Crippen LogP contribution is 2.26. The highest BCUT2D eigenvalue weighted by molar-refractivity contribution is 7.91. The van der Waals surface area contributed by atoms with Gasteiger partial charge in [-0.25, -0.2) is 8.42 Å². The molecule has 3 fully saturated rings. The van der Waals surface area contributed by atoms with Crippen LogP contribution in [0.3, 0.4) is 0 Å². The predicted octanol–water partition coefficient (Wildman–Crippen LogP) is 13.0. The standard InChI is InChI=1S/C12H21N3.C11H19N3O.C11H19N3.C11H20N2O2S.C11H18N2O.C10H17N3O.C10H18N2O/c1-10(2)11-8-13-15(9-11)12-4-6-14(3)7-5-12;1-9(2)10-7-12-14(8-10)6-5-11(15)13(3)4;1-9(2)10-7-13-14(8-10)11-3-5-12-6-4-11;1-9(2)11-7-12-13(8-11)5-6-16(14,15)10(3)4;1-9(2)10-7-12-13(8-10)11-3-5-14-6-4-11;1-8(2)9-5-11-13(6-9)7-10(14)12(3)4;1-8(2)10-5-11-12(7-10)6-9(3)13-4/h8-10,12H,4-7H2,1-3H3;7-9H,5-6H2,1-4H3;7-9,11-12H,3-6H2,1-2H3;7-10H,5-6H2,1-4H3;7-9,11H,3-6H2,1-2H3;5-6,8H,7H2,1-4H3;5,7-9H,6H2,1-4H3. The summed E-state index contributed by atoms with van der Waals surface area (Å²) in [5, 5.41) is 33.2. The fraction of sp³-hybridized carbons (Fsp3) is 0.697. The topological polar surface area (TPSA) is 233 Å². The lowest BCUT2D eigenvalue weighted by Crippen LogP contribution is -2.31. The van der Waals surface area contributed by atoms with Gasteiger partial charge in [-0.2, -0.15) is 35.7 Å². The number of nitrogens with zero attached hydrogens (tertiary/aromatic N) is 17. The average molecular weight is 1430 g/mol. The number of methoxy groups -OCH3 is 1. The van der Waals surface area contributed by atoms with Crippen LogP contribution in [0.5, 0.6) is 0 Å². The highest BCUT2D eigenvalue weighted by Gasteiger charge is 2.22. The first kappa shape index (κ1) is 86.6. The molecule has 0 bridgehead atoms. The van der Waals surface area contributed by atoms with E-state index in [0.29, 0.717) is 85.6 Å². The predicted molar refractivity (Wildman–Crippen MR) is 408 cm³/mol. The number of piperidine rings is 2. The fourth-order valence-corrected chi connectivity index (χ4v) is 11.4. The second-order valence-corrected chi connectivity index (χ2v) is 32.7. The Morgan fingerprint density at radius 3 is 1.18 bits per heavy atom. The minimum Gasteiger partial charge on any atom is -0.381 e. The lowest BCUT2D eigenvalue weighted by atomic mass is 10.1. The van der Waals surface area contributed by atoms with Crippen LogP contribution < -0.4 is 5.32 Å². The molecule has 10 rings (SSSR count). The van der Waals surface area contributed by atoms with Crippen LogP contribution in [0.1, 0.15) is 261 Å². The minimum absolute atomic E-state index is 0.0587. The molecule has 7 aromatic heterocycles. The third kappa shape index (κ3) is 31.4. The van der Waals surface area contributed by atoms with Crippen molar-refractivity contribution < 1.29 is 27.5 Å². The van der Waals surface area contributed by atoms with Gasteiger partial charge in [0.2, 0.25) is 11.8 Å². The molecular formula is C76H132N18O6S. The normalized spacial score (nSPS) is 15.1. The van der Waals surface area contributed by atoms with Crippen LogP contribution in [0.15, 0.2) is 86.8 Å². The quantitative estimate of drug-likeness (QED) is 0.0664. The number of likely N-dealkylation sites (tertiary alicyclic amines) is 1. The Balaban J connectivity index is 0.000000250. The van der Waals surface area contributed by atoms with Gasteiger partial charge in [-0.1, -0.05) is 96.9 Å². The van der Waals surface area contributed by atoms with E-state index in [0.717, 1.165) is 56.8 Å². The molecule has 7 aromatic rings. The largest absolute Gasteiger partial charge is 0.381 e. The number of sulfone groups is 1. The van der Waals surface area contributed by atoms with Gasteiger partial charge in [0, 0.05) is 105 Å². The lowest BCUT2D eigenvalue weighted by Gasteiger charge is -2.29. The van der Waals surface area contributed by atoms with E-state index in [4.69, 9.17) is 9.47 Å². The van der Waals surface area contributed by atoms with Gasteiger partial charge in [-0.3, -0.25) is 42.4 Å². The Hall–Kier alpha value is -6.80. The fourth-order valence-electron chi connectivity index (χ4n) is 10.5. The molecule has 3 aliphatic rings. The molecular weight excluding hydrogens is 1290 g/mol. The molecule has 1 atom stereocenters. The number of carbonyl (C=O) groups excluding carboxylic acids is 2. The molecule has 24 nitrogen and oxygen atoms in total. The number of carbonyl (C=O) groups is 2. The van der Waals surface area contributed by atoms with Gasteiger partial charge in [0.15, 0.2) is 9.84 Å². The van der Waals surface area contributed by atoms with Crippen molar-refractivity contribution in [1.82, 2.24) is 88.5 Å². The first-order valence-corrected chi connectivity index (χ1v) is 38.7. The average Bonchev–Trinajstić information content (AvgIpc) is 1.78. The third-order valence-corrected chi connectivity index (χ3v) is 20.7. The monoisotopic (exact) mass is 1430 g/mol. The van der Waals surface area contributed by atoms with Gasteiger partial charge in [0.05, 0.1) is 91.7 Å². The van der Waals surface area contributed by atoms with Gasteiger partial charge >= 0.3 is 0 Å². The number of aryl methyl sites for hydroxylation is 2. The Kier molecular flexibility index (Phi) is 37.7. The van der Waals surface area contributed by atoms with E-state index < -0.39 is 9.84 Å². The molecule has 2 amide bonds. The van der Waals surface area contributed by atoms with Crippen LogP contribution in [0.25, 0.3) is 0 Å². The lowest BCUT2D eigenvalue weighted by molar-refractivity contribution is -0.130. The van der Waals surface area contributed by atoms with Gasteiger partial charge in [0.25, 0.3) is 0 Å². The number of hydrogen-bond donors (Lipinski definition) is 1. The van der Waals surface area contributed by atoms with Crippen LogP contribution in [0.4, 0.5) is 0 Å². The van der Waals surface area contributed by atoms with E-state index in [9.17, 15) is 18.0 Å². The van der Waals surface area contributed by atoms with Crippen molar-refractivity contribution in [1.29, 1.82) is 0 Å². The summed E-state index contributed by atoms with van der Waals surface area (Å²) in [4.78, 5) is 28.3. The summed E-state index contributed by atoms with van der Waals surface area (Å²) in [5.74, 6) is 4.02. The Morgan fingerprint density at radius 2 is 0.812 bits per heavy atom. The number of rotatable bonds is 22. The molecule has 25 heteroatoms. The van der Waals surface area contributed by atoms with Gasteiger partial charge in [-0.15, -0.1) is 0 Å². The summed E-state index contributed by atoms with van der Waals surface area (Å²) in [7, 11) is 7.97. The van der Waals surface area contributed by atoms with E-state index >= 15 is 0 Å². The molecule has 101 heavy (non-hydrogen) atoms. The number of likely N-dealkylation sites (N-methyl/N-ethyl adjacent to an activating group) is 1. The summed E-state index contributed by atoms with van der Waals surface area (Å²) in [6.07, 6.45) is 35.8. The number of hydrogen-bond acceptors (Lipinski definition) is 15. The van der Waals surface area contributed by atoms with Crippen LogP contribution in [0.2, 0.25) is 0 Å². The van der Waals surface area contributed by atoms with Gasteiger partial charge in [0.1, 0.15) is 6.54 Å². The SMILES string of the molecule is CC(C)c1cnn(C2CCN(C)CC2)c1.CC(C)c1cnn(C2CCNCC2)c1.CC(C)c1cnn(C2CCOCC2)c1.CC(C)c1cnn(CC(=O)N(C)C)c1.CC(C)c1cnn(CCC(=O)N(C)C)c1.CC(C)c1cnn(CCS(=O)(=O)C(C)C)c1.COC(C)Cn1cc(C(C)C)cn1. The molecule has 1 N–H and O–H groups in total. The number of nitrogens with one attached hydrogen (secondary N) is 1. The van der Waals surface area contributed by atoms with Crippen LogP contribution in [-0.4, -0.2) is 202 Å². The summed E-state index contributed by atoms with van der Waals surface area (Å²) >= 11 is 0. The van der Waals surface area contributed by atoms with Crippen molar-refractivity contribution >= 4 is 21.7 Å². The summed E-state index contributed by atoms with van der Waals surface area (Å²) in [6, 6.07) is 1.79. The summed E-state index contributed by atoms with van der Waals surface area (Å²) in [5.41, 5.74) is 8.84. The number of aromatic nitrogens is 14. The first-order chi connectivity index (χ1) is 47.7. The Labute approximate surface area is 607 Å². The zero-order chi connectivity index (χ0) is 75.1. The molecule has 0 spiro atoms. The maximum absolute atomic E-state index is 11.6. The van der Waals surface area contributed by atoms with Crippen LogP contribution >= 0.6 is 0 Å². The molecule has 3 saturated heterocycles. The molecule has 0 saturated carbocycles. The van der Waals surface area contributed by atoms with Crippen LogP contribution in [0, 0.1) is 0 Å². The van der Waals surface area contributed by atoms with Gasteiger partial charge in [-0.05, 0) is 173 Å². The van der Waals surface area contributed by atoms with Crippen molar-refractivity contribution in [2.45, 2.75) is 260 Å². The summed E-state index contributed by atoms with van der Waals surface area (Å²) < 4.78 is 47.3. The van der Waals surface area contributed by atoms with Crippen molar-refractivity contribution in [3.05, 3.63) is 126 Å². The van der Waals surface area contributed by atoms with E-state index in [-0.39, 0.29) is 28.9 Å². The molecule has 10 heterocycles.